The van der Waals surface area contributed by atoms with Gasteiger partial charge in [-0.1, -0.05) is 25.0 Å². The van der Waals surface area contributed by atoms with E-state index in [4.69, 9.17) is 4.74 Å². The van der Waals surface area contributed by atoms with Crippen LogP contribution in [-0.4, -0.2) is 67.4 Å². The maximum Gasteiger partial charge on any atom is 0.227 e. The van der Waals surface area contributed by atoms with Crippen LogP contribution in [0.5, 0.6) is 5.75 Å². The van der Waals surface area contributed by atoms with Crippen molar-refractivity contribution in [3.63, 3.8) is 0 Å². The Bertz CT molecular complexity index is 808. The largest absolute Gasteiger partial charge is 0.497 e. The molecule has 2 saturated heterocycles. The first kappa shape index (κ1) is 20.4. The highest BCUT2D eigenvalue weighted by atomic mass is 16.5. The van der Waals surface area contributed by atoms with Crippen LogP contribution in [0.15, 0.2) is 36.4 Å². The van der Waals surface area contributed by atoms with E-state index in [0.29, 0.717) is 19.5 Å². The fraction of sp³-hybridized carbons (Fsp3) is 0.522. The summed E-state index contributed by atoms with van der Waals surface area (Å²) in [5, 5.41) is 8.97. The van der Waals surface area contributed by atoms with E-state index in [1.165, 1.54) is 25.7 Å². The third-order valence-corrected chi connectivity index (χ3v) is 6.04. The Balaban J connectivity index is 1.28. The van der Waals surface area contributed by atoms with E-state index in [1.807, 2.05) is 29.2 Å². The first-order valence-electron chi connectivity index (χ1n) is 11.0. The lowest BCUT2D eigenvalue weighted by Gasteiger charge is -2.35. The number of rotatable bonds is 5. The first-order valence-corrected chi connectivity index (χ1v) is 11.0. The number of hydrogen-bond donors (Lipinski definition) is 0. The minimum absolute atomic E-state index is 0.169. The van der Waals surface area contributed by atoms with Gasteiger partial charge in [0.15, 0.2) is 11.6 Å². The highest BCUT2D eigenvalue weighted by Gasteiger charge is 2.22. The number of methoxy groups -OCH3 is 1. The molecule has 2 aromatic rings. The second-order valence-corrected chi connectivity index (χ2v) is 8.04. The van der Waals surface area contributed by atoms with Gasteiger partial charge < -0.3 is 19.4 Å². The molecule has 1 amide bonds. The molecule has 30 heavy (non-hydrogen) atoms. The second-order valence-electron chi connectivity index (χ2n) is 8.04. The van der Waals surface area contributed by atoms with Crippen molar-refractivity contribution in [1.29, 1.82) is 0 Å². The standard InChI is InChI=1S/C23H31N5O2/c1-30-20-8-6-19(7-9-20)18-23(29)28-16-14-27(15-17-28)22-11-10-21(24-25-22)26-12-4-2-3-5-13-26/h6-11H,2-5,12-18H2,1H3. The molecule has 0 radical (unpaired) electrons. The van der Waals surface area contributed by atoms with E-state index in [9.17, 15) is 4.79 Å². The average Bonchev–Trinajstić information content (AvgIpc) is 3.09. The summed E-state index contributed by atoms with van der Waals surface area (Å²) < 4.78 is 5.18. The lowest BCUT2D eigenvalue weighted by molar-refractivity contribution is -0.130. The highest BCUT2D eigenvalue weighted by Crippen LogP contribution is 2.20. The zero-order valence-electron chi connectivity index (χ0n) is 17.8. The number of carbonyl (C=O) groups excluding carboxylic acids is 1. The smallest absolute Gasteiger partial charge is 0.227 e. The molecule has 0 unspecified atom stereocenters. The van der Waals surface area contributed by atoms with E-state index in [2.05, 4.69) is 32.1 Å². The number of piperazine rings is 1. The van der Waals surface area contributed by atoms with Crippen LogP contribution in [0.3, 0.4) is 0 Å². The zero-order valence-corrected chi connectivity index (χ0v) is 17.8. The topological polar surface area (TPSA) is 61.8 Å². The molecule has 7 heteroatoms. The Hall–Kier alpha value is -2.83. The number of amides is 1. The van der Waals surface area contributed by atoms with E-state index >= 15 is 0 Å². The van der Waals surface area contributed by atoms with Crippen molar-refractivity contribution < 1.29 is 9.53 Å². The molecule has 0 spiro atoms. The Morgan fingerprint density at radius 2 is 1.37 bits per heavy atom. The van der Waals surface area contributed by atoms with Crippen LogP contribution in [0.25, 0.3) is 0 Å². The van der Waals surface area contributed by atoms with Crippen LogP contribution in [0, 0.1) is 0 Å². The molecule has 0 saturated carbocycles. The van der Waals surface area contributed by atoms with Crippen LogP contribution < -0.4 is 14.5 Å². The van der Waals surface area contributed by atoms with E-state index in [-0.39, 0.29) is 5.91 Å². The molecule has 0 N–H and O–H groups in total. The molecule has 2 fully saturated rings. The lowest BCUT2D eigenvalue weighted by Crippen LogP contribution is -2.49. The Morgan fingerprint density at radius 1 is 0.800 bits per heavy atom. The molecule has 160 valence electrons. The minimum atomic E-state index is 0.169. The van der Waals surface area contributed by atoms with Gasteiger partial charge in [-0.15, -0.1) is 10.2 Å². The van der Waals surface area contributed by atoms with Gasteiger partial charge in [0, 0.05) is 39.3 Å². The number of nitrogens with zero attached hydrogens (tertiary/aromatic N) is 5. The molecule has 3 heterocycles. The normalized spacial score (nSPS) is 17.6. The Kier molecular flexibility index (Phi) is 6.67. The fourth-order valence-corrected chi connectivity index (χ4v) is 4.17. The van der Waals surface area contributed by atoms with Gasteiger partial charge in [-0.05, 0) is 42.7 Å². The molecule has 0 aliphatic carbocycles. The summed E-state index contributed by atoms with van der Waals surface area (Å²) in [4.78, 5) is 19.2. The summed E-state index contributed by atoms with van der Waals surface area (Å²) in [7, 11) is 1.65. The number of anilines is 2. The van der Waals surface area contributed by atoms with Crippen molar-refractivity contribution >= 4 is 17.5 Å². The molecule has 0 atom stereocenters. The molecule has 0 bridgehead atoms. The van der Waals surface area contributed by atoms with Crippen LogP contribution in [0.2, 0.25) is 0 Å². The number of hydrogen-bond acceptors (Lipinski definition) is 6. The maximum absolute atomic E-state index is 12.7. The van der Waals surface area contributed by atoms with Crippen LogP contribution in [0.4, 0.5) is 11.6 Å². The molecular weight excluding hydrogens is 378 g/mol. The first-order chi connectivity index (χ1) is 14.7. The van der Waals surface area contributed by atoms with Crippen molar-refractivity contribution in [2.75, 3.05) is 56.2 Å². The Morgan fingerprint density at radius 3 is 1.90 bits per heavy atom. The van der Waals surface area contributed by atoms with Crippen molar-refractivity contribution in [1.82, 2.24) is 15.1 Å². The third kappa shape index (κ3) is 5.01. The van der Waals surface area contributed by atoms with E-state index < -0.39 is 0 Å². The summed E-state index contributed by atoms with van der Waals surface area (Å²) in [5.41, 5.74) is 1.01. The SMILES string of the molecule is COc1ccc(CC(=O)N2CCN(c3ccc(N4CCCCCC4)nn3)CC2)cc1. The van der Waals surface area contributed by atoms with Gasteiger partial charge >= 0.3 is 0 Å². The number of ether oxygens (including phenoxy) is 1. The molecule has 2 aliphatic rings. The van der Waals surface area contributed by atoms with E-state index in [0.717, 1.165) is 49.1 Å². The van der Waals surface area contributed by atoms with Crippen LogP contribution >= 0.6 is 0 Å². The Labute approximate surface area is 178 Å². The average molecular weight is 410 g/mol. The second kappa shape index (κ2) is 9.78. The summed E-state index contributed by atoms with van der Waals surface area (Å²) in [6.07, 6.45) is 5.51. The summed E-state index contributed by atoms with van der Waals surface area (Å²) in [5.74, 6) is 2.86. The summed E-state index contributed by atoms with van der Waals surface area (Å²) in [6.45, 7) is 5.14. The highest BCUT2D eigenvalue weighted by molar-refractivity contribution is 5.79. The van der Waals surface area contributed by atoms with Crippen molar-refractivity contribution in [3.05, 3.63) is 42.0 Å². The minimum Gasteiger partial charge on any atom is -0.497 e. The lowest BCUT2D eigenvalue weighted by atomic mass is 10.1. The molecule has 4 rings (SSSR count). The molecule has 2 aliphatic heterocycles. The molecule has 1 aromatic heterocycles. The monoisotopic (exact) mass is 409 g/mol. The number of benzene rings is 1. The number of aromatic nitrogens is 2. The number of carbonyl (C=O) groups is 1. The predicted octanol–water partition coefficient (Wildman–Crippen LogP) is 2.76. The van der Waals surface area contributed by atoms with Gasteiger partial charge in [0.1, 0.15) is 5.75 Å². The van der Waals surface area contributed by atoms with Gasteiger partial charge in [0.05, 0.1) is 13.5 Å². The quantitative estimate of drug-likeness (QED) is 0.757. The van der Waals surface area contributed by atoms with Crippen molar-refractivity contribution in [2.45, 2.75) is 32.1 Å². The summed E-state index contributed by atoms with van der Waals surface area (Å²) in [6, 6.07) is 11.9. The summed E-state index contributed by atoms with van der Waals surface area (Å²) >= 11 is 0. The predicted molar refractivity (Wildman–Crippen MR) is 118 cm³/mol. The van der Waals surface area contributed by atoms with Crippen LogP contribution in [-0.2, 0) is 11.2 Å². The van der Waals surface area contributed by atoms with Gasteiger partial charge in [0.2, 0.25) is 5.91 Å². The third-order valence-electron chi connectivity index (χ3n) is 6.04. The zero-order chi connectivity index (χ0) is 20.8. The molecular formula is C23H31N5O2. The van der Waals surface area contributed by atoms with Gasteiger partial charge in [-0.2, -0.15) is 0 Å². The fourth-order valence-electron chi connectivity index (χ4n) is 4.17. The molecule has 1 aromatic carbocycles. The maximum atomic E-state index is 12.7. The van der Waals surface area contributed by atoms with Crippen LogP contribution in [0.1, 0.15) is 31.2 Å². The van der Waals surface area contributed by atoms with Gasteiger partial charge in [-0.3, -0.25) is 4.79 Å². The molecule has 7 nitrogen and oxygen atoms in total. The van der Waals surface area contributed by atoms with E-state index in [1.54, 1.807) is 7.11 Å². The van der Waals surface area contributed by atoms with Gasteiger partial charge in [-0.25, -0.2) is 0 Å². The van der Waals surface area contributed by atoms with Crippen molar-refractivity contribution in [3.8, 4) is 5.75 Å². The van der Waals surface area contributed by atoms with Crippen molar-refractivity contribution in [2.24, 2.45) is 0 Å². The van der Waals surface area contributed by atoms with Gasteiger partial charge in [0.25, 0.3) is 0 Å².